The number of thiophene rings is 3. The lowest BCUT2D eigenvalue weighted by atomic mass is 9.99. The lowest BCUT2D eigenvalue weighted by molar-refractivity contribution is 1.37. The molecule has 3 aromatic heterocycles. The zero-order chi connectivity index (χ0) is 22.8. The van der Waals surface area contributed by atoms with E-state index in [9.17, 15) is 0 Å². The molecule has 0 aliphatic rings. The van der Waals surface area contributed by atoms with Gasteiger partial charge in [0.2, 0.25) is 0 Å². The van der Waals surface area contributed by atoms with Gasteiger partial charge in [-0.25, -0.2) is 0 Å². The van der Waals surface area contributed by atoms with Gasteiger partial charge in [-0.15, -0.1) is 34.0 Å². The molecule has 0 fully saturated rings. The van der Waals surface area contributed by atoms with Crippen LogP contribution in [0.5, 0.6) is 0 Å². The molecule has 0 radical (unpaired) electrons. The van der Waals surface area contributed by atoms with Gasteiger partial charge in [-0.1, -0.05) is 0 Å². The van der Waals surface area contributed by atoms with Gasteiger partial charge in [0.25, 0.3) is 0 Å². The van der Waals surface area contributed by atoms with Crippen LogP contribution < -0.4 is 0 Å². The minimum Gasteiger partial charge on any atom is -0.134 e. The monoisotopic (exact) mass is 480 g/mol. The van der Waals surface area contributed by atoms with E-state index in [0.717, 1.165) is 0 Å². The van der Waals surface area contributed by atoms with Gasteiger partial charge in [0.05, 0.1) is 0 Å². The summed E-state index contributed by atoms with van der Waals surface area (Å²) < 4.78 is 8.63. The van der Waals surface area contributed by atoms with Crippen molar-refractivity contribution < 1.29 is 0 Å². The average molecular weight is 481 g/mol. The summed E-state index contributed by atoms with van der Waals surface area (Å²) in [5.74, 6) is 0. The van der Waals surface area contributed by atoms with E-state index in [0.29, 0.717) is 0 Å². The van der Waals surface area contributed by atoms with Gasteiger partial charge < -0.3 is 0 Å². The summed E-state index contributed by atoms with van der Waals surface area (Å²) in [6.45, 7) is 13.5. The molecule has 0 unspecified atom stereocenters. The molecule has 0 bridgehead atoms. The molecule has 0 nitrogen and oxygen atoms in total. The summed E-state index contributed by atoms with van der Waals surface area (Å²) in [6.07, 6.45) is 0. The van der Waals surface area contributed by atoms with Crippen LogP contribution in [0, 0.1) is 41.5 Å². The normalized spacial score (nSPS) is 12.5. The van der Waals surface area contributed by atoms with Crippen molar-refractivity contribution in [1.29, 1.82) is 0 Å². The Morgan fingerprint density at radius 2 is 0.606 bits per heavy atom. The van der Waals surface area contributed by atoms with Gasteiger partial charge in [-0.3, -0.25) is 0 Å². The fourth-order valence-electron chi connectivity index (χ4n) is 5.26. The second kappa shape index (κ2) is 6.56. The summed E-state index contributed by atoms with van der Waals surface area (Å²) in [4.78, 5) is 0. The van der Waals surface area contributed by atoms with Gasteiger partial charge in [-0.05, 0) is 111 Å². The van der Waals surface area contributed by atoms with Gasteiger partial charge in [-0.2, -0.15) is 0 Å². The Labute approximate surface area is 205 Å². The van der Waals surface area contributed by atoms with E-state index >= 15 is 0 Å². The van der Waals surface area contributed by atoms with E-state index in [4.69, 9.17) is 0 Å². The Morgan fingerprint density at radius 3 is 0.879 bits per heavy atom. The lowest BCUT2D eigenvalue weighted by Crippen LogP contribution is -1.80. The molecule has 0 amide bonds. The largest absolute Gasteiger partial charge is 0.134 e. The molecule has 0 saturated carbocycles. The number of benzene rings is 4. The van der Waals surface area contributed by atoms with Crippen LogP contribution in [-0.2, 0) is 0 Å². The average Bonchev–Trinajstić information content (AvgIpc) is 3.41. The minimum absolute atomic E-state index is 1.38. The molecule has 162 valence electrons. The summed E-state index contributed by atoms with van der Waals surface area (Å²) in [5.41, 5.74) is 8.28. The van der Waals surface area contributed by atoms with Crippen LogP contribution in [0.3, 0.4) is 0 Å². The highest BCUT2D eigenvalue weighted by Gasteiger charge is 2.22. The fraction of sp³-hybridized carbons (Fsp3) is 0.200. The highest BCUT2D eigenvalue weighted by Crippen LogP contribution is 2.53. The van der Waals surface area contributed by atoms with Crippen molar-refractivity contribution in [1.82, 2.24) is 0 Å². The second-order valence-electron chi connectivity index (χ2n) is 9.72. The number of fused-ring (bicyclic) bond motifs is 12. The lowest BCUT2D eigenvalue weighted by Gasteiger charge is -2.03. The molecule has 0 aliphatic heterocycles. The molecule has 33 heavy (non-hydrogen) atoms. The Balaban J connectivity index is 1.87. The van der Waals surface area contributed by atoms with E-state index in [-0.39, 0.29) is 0 Å². The van der Waals surface area contributed by atoms with Crippen LogP contribution >= 0.6 is 34.0 Å². The summed E-state index contributed by atoms with van der Waals surface area (Å²) in [5, 5.41) is 8.68. The first kappa shape index (κ1) is 20.0. The zero-order valence-corrected chi connectivity index (χ0v) is 22.1. The Morgan fingerprint density at radius 1 is 0.364 bits per heavy atom. The molecule has 3 heteroatoms. The quantitative estimate of drug-likeness (QED) is 0.202. The van der Waals surface area contributed by atoms with Crippen molar-refractivity contribution in [3.05, 3.63) is 69.8 Å². The van der Waals surface area contributed by atoms with E-state index in [1.165, 1.54) is 93.9 Å². The standard InChI is InChI=1S/C30H24S3/c1-13-7-19-22(10-16(13)4)31-28-25(19)29-27(20-8-14(2)17(5)11-23(20)32-29)30-26(28)21-9-15(3)18(6)12-24(21)33-30/h7-12H,1-6H3. The minimum atomic E-state index is 1.38. The zero-order valence-electron chi connectivity index (χ0n) is 19.7. The maximum Gasteiger partial charge on any atom is 0.0463 e. The smallest absolute Gasteiger partial charge is 0.0463 e. The van der Waals surface area contributed by atoms with Crippen LogP contribution in [0.25, 0.3) is 60.5 Å². The summed E-state index contributed by atoms with van der Waals surface area (Å²) >= 11 is 5.96. The van der Waals surface area contributed by atoms with Gasteiger partial charge in [0.1, 0.15) is 0 Å². The molecule has 0 saturated heterocycles. The SMILES string of the molecule is Cc1cc2sc3c(c2cc1C)c1sc2cc(C)c(C)cc2c1c1sc2cc(C)c(C)cc2c31. The first-order chi connectivity index (χ1) is 15.8. The third-order valence-corrected chi connectivity index (χ3v) is 11.1. The van der Waals surface area contributed by atoms with Crippen molar-refractivity contribution in [2.45, 2.75) is 41.5 Å². The van der Waals surface area contributed by atoms with E-state index in [1.54, 1.807) is 0 Å². The third-order valence-electron chi connectivity index (χ3n) is 7.59. The van der Waals surface area contributed by atoms with Crippen molar-refractivity contribution in [3.63, 3.8) is 0 Å². The van der Waals surface area contributed by atoms with Crippen LogP contribution in [0.4, 0.5) is 0 Å². The molecular formula is C30H24S3. The molecule has 7 rings (SSSR count). The molecule has 0 atom stereocenters. The summed E-state index contributed by atoms with van der Waals surface area (Å²) in [7, 11) is 0. The van der Waals surface area contributed by atoms with Gasteiger partial charge in [0, 0.05) is 60.5 Å². The molecule has 0 aliphatic carbocycles. The predicted molar refractivity (Wildman–Crippen MR) is 154 cm³/mol. The Bertz CT molecular complexity index is 1710. The van der Waals surface area contributed by atoms with Gasteiger partial charge in [0.15, 0.2) is 0 Å². The van der Waals surface area contributed by atoms with Crippen LogP contribution in [0.15, 0.2) is 36.4 Å². The number of hydrogen-bond acceptors (Lipinski definition) is 3. The number of aryl methyl sites for hydroxylation is 6. The molecule has 0 spiro atoms. The number of hydrogen-bond donors (Lipinski definition) is 0. The topological polar surface area (TPSA) is 0 Å². The maximum absolute atomic E-state index is 2.43. The molecule has 0 N–H and O–H groups in total. The van der Waals surface area contributed by atoms with Crippen molar-refractivity contribution in [2.75, 3.05) is 0 Å². The fourth-order valence-corrected chi connectivity index (χ4v) is 9.52. The molecule has 4 aromatic carbocycles. The highest BCUT2D eigenvalue weighted by atomic mass is 32.1. The van der Waals surface area contributed by atoms with Gasteiger partial charge >= 0.3 is 0 Å². The first-order valence-corrected chi connectivity index (χ1v) is 13.9. The Hall–Kier alpha value is -2.46. The first-order valence-electron chi connectivity index (χ1n) is 11.4. The van der Waals surface area contributed by atoms with Crippen molar-refractivity contribution >= 4 is 94.5 Å². The number of rotatable bonds is 0. The maximum atomic E-state index is 2.43. The van der Waals surface area contributed by atoms with Crippen LogP contribution in [0.1, 0.15) is 33.4 Å². The van der Waals surface area contributed by atoms with Crippen LogP contribution in [-0.4, -0.2) is 0 Å². The Kier molecular flexibility index (Phi) is 3.97. The van der Waals surface area contributed by atoms with E-state index in [1.807, 2.05) is 34.0 Å². The molecular weight excluding hydrogens is 457 g/mol. The summed E-state index contributed by atoms with van der Waals surface area (Å²) in [6, 6.07) is 14.5. The highest BCUT2D eigenvalue weighted by molar-refractivity contribution is 7.33. The second-order valence-corrected chi connectivity index (χ2v) is 12.9. The molecule has 7 aromatic rings. The molecule has 3 heterocycles. The van der Waals surface area contributed by atoms with E-state index < -0.39 is 0 Å². The third kappa shape index (κ3) is 2.56. The van der Waals surface area contributed by atoms with E-state index in [2.05, 4.69) is 77.9 Å². The van der Waals surface area contributed by atoms with Crippen molar-refractivity contribution in [3.8, 4) is 0 Å². The van der Waals surface area contributed by atoms with Crippen molar-refractivity contribution in [2.24, 2.45) is 0 Å². The van der Waals surface area contributed by atoms with Crippen LogP contribution in [0.2, 0.25) is 0 Å². The predicted octanol–water partition coefficient (Wildman–Crippen LogP) is 10.6.